The van der Waals surface area contributed by atoms with Gasteiger partial charge in [-0.2, -0.15) is 4.31 Å². The molecule has 1 aliphatic rings. The molecule has 162 valence electrons. The molecule has 3 rings (SSSR count). The molecular weight excluding hydrogens is 405 g/mol. The number of rotatable bonds is 8. The van der Waals surface area contributed by atoms with Gasteiger partial charge in [0, 0.05) is 26.7 Å². The van der Waals surface area contributed by atoms with Gasteiger partial charge in [0.1, 0.15) is 11.9 Å². The van der Waals surface area contributed by atoms with Crippen LogP contribution in [0.25, 0.3) is 0 Å². The van der Waals surface area contributed by atoms with Gasteiger partial charge in [-0.15, -0.1) is 0 Å². The Hall–Kier alpha value is -2.45. The molecule has 8 heteroatoms. The number of sulfonamides is 1. The Kier molecular flexibility index (Phi) is 7.44. The fourth-order valence-electron chi connectivity index (χ4n) is 3.71. The molecule has 1 N–H and O–H groups in total. The second-order valence-corrected chi connectivity index (χ2v) is 9.35. The van der Waals surface area contributed by atoms with Crippen LogP contribution in [0.1, 0.15) is 25.7 Å². The summed E-state index contributed by atoms with van der Waals surface area (Å²) in [5.74, 6) is -0.559. The quantitative estimate of drug-likeness (QED) is 0.650. The number of anilines is 1. The van der Waals surface area contributed by atoms with Crippen molar-refractivity contribution in [2.45, 2.75) is 36.6 Å². The van der Waals surface area contributed by atoms with Crippen molar-refractivity contribution in [1.82, 2.24) is 9.62 Å². The van der Waals surface area contributed by atoms with Crippen molar-refractivity contribution in [3.8, 4) is 0 Å². The van der Waals surface area contributed by atoms with Gasteiger partial charge >= 0.3 is 0 Å². The first kappa shape index (κ1) is 22.2. The van der Waals surface area contributed by atoms with Crippen molar-refractivity contribution in [1.29, 1.82) is 0 Å². The van der Waals surface area contributed by atoms with E-state index in [4.69, 9.17) is 0 Å². The third-order valence-electron chi connectivity index (χ3n) is 5.34. The average molecular weight is 434 g/mol. The molecule has 1 heterocycles. The predicted molar refractivity (Wildman–Crippen MR) is 115 cm³/mol. The highest BCUT2D eigenvalue weighted by Gasteiger charge is 2.37. The highest BCUT2D eigenvalue weighted by molar-refractivity contribution is 7.89. The Morgan fingerprint density at radius 2 is 1.83 bits per heavy atom. The first-order valence-electron chi connectivity index (χ1n) is 10.2. The number of benzene rings is 2. The summed E-state index contributed by atoms with van der Waals surface area (Å²) >= 11 is 0. The number of halogens is 1. The van der Waals surface area contributed by atoms with Crippen LogP contribution in [0.4, 0.5) is 10.1 Å². The summed E-state index contributed by atoms with van der Waals surface area (Å²) in [7, 11) is -1.92. The van der Waals surface area contributed by atoms with Crippen LogP contribution in [0, 0.1) is 5.82 Å². The number of hydrogen-bond donors (Lipinski definition) is 1. The number of piperidine rings is 1. The predicted octanol–water partition coefficient (Wildman–Crippen LogP) is 3.01. The third kappa shape index (κ3) is 5.17. The van der Waals surface area contributed by atoms with Crippen molar-refractivity contribution >= 4 is 21.6 Å². The maximum absolute atomic E-state index is 13.8. The van der Waals surface area contributed by atoms with Gasteiger partial charge in [0.25, 0.3) is 0 Å². The minimum atomic E-state index is -3.72. The molecule has 1 atom stereocenters. The highest BCUT2D eigenvalue weighted by Crippen LogP contribution is 2.25. The van der Waals surface area contributed by atoms with Crippen LogP contribution in [0.5, 0.6) is 0 Å². The number of amides is 1. The van der Waals surface area contributed by atoms with E-state index in [9.17, 15) is 17.6 Å². The van der Waals surface area contributed by atoms with Gasteiger partial charge in [-0.3, -0.25) is 4.79 Å². The summed E-state index contributed by atoms with van der Waals surface area (Å²) < 4.78 is 41.2. The minimum absolute atomic E-state index is 0.205. The molecule has 1 aliphatic heterocycles. The zero-order valence-corrected chi connectivity index (χ0v) is 17.9. The molecule has 1 unspecified atom stereocenters. The third-order valence-corrected chi connectivity index (χ3v) is 7.26. The molecule has 0 aromatic heterocycles. The van der Waals surface area contributed by atoms with E-state index in [1.165, 1.54) is 10.4 Å². The van der Waals surface area contributed by atoms with Gasteiger partial charge in [0.15, 0.2) is 0 Å². The number of carbonyl (C=O) groups excluding carboxylic acids is 1. The number of nitrogens with one attached hydrogen (secondary N) is 1. The molecule has 6 nitrogen and oxygen atoms in total. The molecule has 0 aliphatic carbocycles. The zero-order chi connectivity index (χ0) is 21.6. The van der Waals surface area contributed by atoms with Gasteiger partial charge in [-0.1, -0.05) is 36.8 Å². The van der Waals surface area contributed by atoms with Gasteiger partial charge < -0.3 is 10.2 Å². The van der Waals surface area contributed by atoms with Crippen molar-refractivity contribution in [3.05, 3.63) is 60.4 Å². The van der Waals surface area contributed by atoms with Gasteiger partial charge in [0.05, 0.1) is 10.6 Å². The number of carbonyl (C=O) groups is 1. The Balaban J connectivity index is 1.56. The number of para-hydroxylation sites is 1. The Morgan fingerprint density at radius 1 is 1.13 bits per heavy atom. The topological polar surface area (TPSA) is 69.7 Å². The lowest BCUT2D eigenvalue weighted by Crippen LogP contribution is -2.52. The van der Waals surface area contributed by atoms with E-state index < -0.39 is 16.1 Å². The van der Waals surface area contributed by atoms with E-state index in [-0.39, 0.29) is 16.6 Å². The lowest BCUT2D eigenvalue weighted by molar-refractivity contribution is -0.125. The van der Waals surface area contributed by atoms with Crippen molar-refractivity contribution in [2.75, 3.05) is 31.6 Å². The van der Waals surface area contributed by atoms with Gasteiger partial charge in [-0.25, -0.2) is 12.8 Å². The van der Waals surface area contributed by atoms with Crippen LogP contribution in [0.15, 0.2) is 59.5 Å². The summed E-state index contributed by atoms with van der Waals surface area (Å²) in [6.45, 7) is 1.30. The SMILES string of the molecule is CN(CCCNC(=O)C1CCCCN1S(=O)(=O)c1ccccc1)c1ccccc1F. The van der Waals surface area contributed by atoms with Gasteiger partial charge in [-0.05, 0) is 43.5 Å². The smallest absolute Gasteiger partial charge is 0.243 e. The molecule has 2 aromatic rings. The maximum Gasteiger partial charge on any atom is 0.243 e. The van der Waals surface area contributed by atoms with Crippen LogP contribution in [-0.4, -0.2) is 51.4 Å². The first-order valence-corrected chi connectivity index (χ1v) is 11.7. The van der Waals surface area contributed by atoms with E-state index in [1.807, 2.05) is 0 Å². The van der Waals surface area contributed by atoms with E-state index >= 15 is 0 Å². The summed E-state index contributed by atoms with van der Waals surface area (Å²) in [5.41, 5.74) is 0.510. The van der Waals surface area contributed by atoms with Crippen LogP contribution in [0.2, 0.25) is 0 Å². The maximum atomic E-state index is 13.8. The lowest BCUT2D eigenvalue weighted by atomic mass is 10.0. The molecule has 30 heavy (non-hydrogen) atoms. The molecule has 0 radical (unpaired) electrons. The Bertz CT molecular complexity index is 953. The lowest BCUT2D eigenvalue weighted by Gasteiger charge is -2.33. The molecule has 0 spiro atoms. The number of nitrogens with zero attached hydrogens (tertiary/aromatic N) is 2. The largest absolute Gasteiger partial charge is 0.372 e. The molecule has 0 bridgehead atoms. The second-order valence-electron chi connectivity index (χ2n) is 7.46. The molecular formula is C22H28FN3O3S. The molecule has 0 saturated carbocycles. The van der Waals surface area contributed by atoms with E-state index in [0.717, 1.165) is 12.8 Å². The van der Waals surface area contributed by atoms with Crippen LogP contribution in [0.3, 0.4) is 0 Å². The summed E-state index contributed by atoms with van der Waals surface area (Å²) in [6.07, 6.45) is 2.68. The zero-order valence-electron chi connectivity index (χ0n) is 17.1. The normalized spacial score (nSPS) is 17.5. The first-order chi connectivity index (χ1) is 14.4. The standard InChI is InChI=1S/C22H28FN3O3S/c1-25(20-13-6-5-12-19(20)23)16-9-15-24-22(27)21-14-7-8-17-26(21)30(28,29)18-10-3-2-4-11-18/h2-6,10-13,21H,7-9,14-17H2,1H3,(H,24,27). The van der Waals surface area contributed by atoms with Crippen molar-refractivity contribution < 1.29 is 17.6 Å². The molecule has 2 aromatic carbocycles. The number of hydrogen-bond acceptors (Lipinski definition) is 4. The second kappa shape index (κ2) is 10.0. The van der Waals surface area contributed by atoms with Crippen molar-refractivity contribution in [3.63, 3.8) is 0 Å². The average Bonchev–Trinajstić information content (AvgIpc) is 2.77. The van der Waals surface area contributed by atoms with Crippen LogP contribution < -0.4 is 10.2 Å². The van der Waals surface area contributed by atoms with Crippen LogP contribution in [-0.2, 0) is 14.8 Å². The highest BCUT2D eigenvalue weighted by atomic mass is 32.2. The Morgan fingerprint density at radius 3 is 2.57 bits per heavy atom. The summed E-state index contributed by atoms with van der Waals surface area (Å²) in [6, 6.07) is 14.1. The minimum Gasteiger partial charge on any atom is -0.372 e. The van der Waals surface area contributed by atoms with E-state index in [0.29, 0.717) is 38.2 Å². The molecule has 1 saturated heterocycles. The summed E-state index contributed by atoms with van der Waals surface area (Å²) in [5, 5.41) is 2.86. The van der Waals surface area contributed by atoms with Crippen LogP contribution >= 0.6 is 0 Å². The van der Waals surface area contributed by atoms with E-state index in [2.05, 4.69) is 5.32 Å². The molecule has 1 amide bonds. The fraction of sp³-hybridized carbons (Fsp3) is 0.409. The summed E-state index contributed by atoms with van der Waals surface area (Å²) in [4.78, 5) is 14.8. The monoisotopic (exact) mass is 433 g/mol. The molecule has 1 fully saturated rings. The van der Waals surface area contributed by atoms with Gasteiger partial charge in [0.2, 0.25) is 15.9 Å². The Labute approximate surface area is 177 Å². The van der Waals surface area contributed by atoms with E-state index in [1.54, 1.807) is 60.5 Å². The van der Waals surface area contributed by atoms with Crippen molar-refractivity contribution in [2.24, 2.45) is 0 Å². The fourth-order valence-corrected chi connectivity index (χ4v) is 5.39.